The van der Waals surface area contributed by atoms with Crippen molar-refractivity contribution in [2.75, 3.05) is 13.2 Å². The summed E-state index contributed by atoms with van der Waals surface area (Å²) in [5.74, 6) is -0.0648. The van der Waals surface area contributed by atoms with Gasteiger partial charge in [-0.05, 0) is 32.1 Å². The number of nitrogens with one attached hydrogen (secondary N) is 1. The van der Waals surface area contributed by atoms with Gasteiger partial charge in [-0.25, -0.2) is 0 Å². The van der Waals surface area contributed by atoms with Gasteiger partial charge in [0.1, 0.15) is 0 Å². The Labute approximate surface area is 438 Å². The third kappa shape index (κ3) is 55.9. The van der Waals surface area contributed by atoms with Gasteiger partial charge in [0, 0.05) is 12.8 Å². The highest BCUT2D eigenvalue weighted by atomic mass is 16.5. The van der Waals surface area contributed by atoms with Crippen LogP contribution in [-0.4, -0.2) is 47.4 Å². The van der Waals surface area contributed by atoms with Crippen molar-refractivity contribution >= 4 is 11.9 Å². The molecule has 0 bridgehead atoms. The molecule has 0 rings (SSSR count). The van der Waals surface area contributed by atoms with Crippen molar-refractivity contribution in [3.63, 3.8) is 0 Å². The minimum Gasteiger partial charge on any atom is -0.466 e. The number of ether oxygens (including phenoxy) is 1. The summed E-state index contributed by atoms with van der Waals surface area (Å²) in [6.07, 6.45) is 72.5. The molecule has 6 nitrogen and oxygen atoms in total. The van der Waals surface area contributed by atoms with Gasteiger partial charge in [-0.15, -0.1) is 0 Å². The molecule has 0 aliphatic rings. The summed E-state index contributed by atoms with van der Waals surface area (Å²) in [7, 11) is 0. The molecule has 1 amide bonds. The molecule has 3 N–H and O–H groups in total. The van der Waals surface area contributed by atoms with Crippen LogP contribution in [-0.2, 0) is 14.3 Å². The second-order valence-electron chi connectivity index (χ2n) is 22.1. The molecule has 416 valence electrons. The van der Waals surface area contributed by atoms with Crippen molar-refractivity contribution in [1.82, 2.24) is 5.32 Å². The van der Waals surface area contributed by atoms with E-state index in [0.29, 0.717) is 19.4 Å². The fraction of sp³-hybridized carbons (Fsp3) is 0.938. The Bertz CT molecular complexity index is 1050. The van der Waals surface area contributed by atoms with Gasteiger partial charge >= 0.3 is 5.97 Å². The van der Waals surface area contributed by atoms with E-state index in [-0.39, 0.29) is 18.5 Å². The van der Waals surface area contributed by atoms with Crippen LogP contribution in [0.2, 0.25) is 0 Å². The first-order valence-electron chi connectivity index (χ1n) is 32.0. The lowest BCUT2D eigenvalue weighted by Crippen LogP contribution is -2.45. The van der Waals surface area contributed by atoms with Gasteiger partial charge in [0.2, 0.25) is 5.91 Å². The number of unbranched alkanes of at least 4 members (excludes halogenated alkanes) is 49. The van der Waals surface area contributed by atoms with Crippen LogP contribution in [0.5, 0.6) is 0 Å². The number of carbonyl (C=O) groups excluding carboxylic acids is 2. The quantitative estimate of drug-likeness (QED) is 0.0321. The summed E-state index contributed by atoms with van der Waals surface area (Å²) in [4.78, 5) is 24.6. The van der Waals surface area contributed by atoms with E-state index in [4.69, 9.17) is 4.74 Å². The minimum atomic E-state index is -0.849. The monoisotopic (exact) mass is 988 g/mol. The summed E-state index contributed by atoms with van der Waals surface area (Å²) < 4.78 is 5.48. The first-order valence-corrected chi connectivity index (χ1v) is 32.0. The van der Waals surface area contributed by atoms with Gasteiger partial charge in [-0.1, -0.05) is 328 Å². The predicted octanol–water partition coefficient (Wildman–Crippen LogP) is 20.0. The predicted molar refractivity (Wildman–Crippen MR) is 306 cm³/mol. The molecule has 0 saturated carbocycles. The van der Waals surface area contributed by atoms with E-state index in [1.807, 2.05) is 6.08 Å². The molecule has 0 radical (unpaired) electrons. The maximum absolute atomic E-state index is 12.5. The van der Waals surface area contributed by atoms with E-state index in [2.05, 4.69) is 19.2 Å². The smallest absolute Gasteiger partial charge is 0.305 e. The maximum Gasteiger partial charge on any atom is 0.305 e. The molecule has 0 aromatic carbocycles. The average Bonchev–Trinajstić information content (AvgIpc) is 3.36. The second-order valence-corrected chi connectivity index (χ2v) is 22.1. The van der Waals surface area contributed by atoms with Gasteiger partial charge in [0.25, 0.3) is 0 Å². The molecule has 6 heteroatoms. The molecule has 0 aliphatic heterocycles. The van der Waals surface area contributed by atoms with Gasteiger partial charge in [0.15, 0.2) is 0 Å². The fourth-order valence-corrected chi connectivity index (χ4v) is 10.2. The van der Waals surface area contributed by atoms with Gasteiger partial charge in [-0.3, -0.25) is 9.59 Å². The SMILES string of the molecule is CCCCCCCCCCCCCCCCCCCCCCC/C=C/C(O)C(CO)NC(=O)CCCCCCCCCCCCCCCCCCOC(=O)CCCCCCCCCCCCCCCC. The van der Waals surface area contributed by atoms with Crippen LogP contribution in [0.3, 0.4) is 0 Å². The number of aliphatic hydroxyl groups is 2. The summed E-state index contributed by atoms with van der Waals surface area (Å²) in [6.45, 7) is 4.93. The van der Waals surface area contributed by atoms with Gasteiger partial charge in [-0.2, -0.15) is 0 Å². The number of hydrogen-bond acceptors (Lipinski definition) is 5. The van der Waals surface area contributed by atoms with Crippen molar-refractivity contribution in [3.05, 3.63) is 12.2 Å². The number of esters is 1. The molecule has 0 heterocycles. The normalized spacial score (nSPS) is 12.6. The number of rotatable bonds is 60. The molecule has 70 heavy (non-hydrogen) atoms. The highest BCUT2D eigenvalue weighted by molar-refractivity contribution is 5.76. The lowest BCUT2D eigenvalue weighted by molar-refractivity contribution is -0.143. The van der Waals surface area contributed by atoms with Crippen LogP contribution < -0.4 is 5.32 Å². The standard InChI is InChI=1S/C64H125NO5/c1-3-5-7-9-11-13-15-17-19-20-21-22-23-24-25-26-29-32-36-40-44-48-52-56-62(67)61(60-66)65-63(68)57-53-49-45-41-37-33-30-27-28-31-35-39-43-47-51-55-59-70-64(69)58-54-50-46-42-38-34-18-16-14-12-10-8-6-4-2/h52,56,61-62,66-67H,3-51,53-55,57-60H2,1-2H3,(H,65,68)/b56-52+. The fourth-order valence-electron chi connectivity index (χ4n) is 10.2. The lowest BCUT2D eigenvalue weighted by Gasteiger charge is -2.20. The summed E-state index contributed by atoms with van der Waals surface area (Å²) in [5.41, 5.74) is 0. The Kier molecular flexibility index (Phi) is 59.0. The van der Waals surface area contributed by atoms with Crippen LogP contribution in [0, 0.1) is 0 Å². The molecule has 0 fully saturated rings. The number of aliphatic hydroxyl groups excluding tert-OH is 2. The van der Waals surface area contributed by atoms with Crippen molar-refractivity contribution in [3.8, 4) is 0 Å². The van der Waals surface area contributed by atoms with Gasteiger partial charge < -0.3 is 20.3 Å². The van der Waals surface area contributed by atoms with E-state index in [1.54, 1.807) is 6.08 Å². The van der Waals surface area contributed by atoms with E-state index < -0.39 is 12.1 Å². The molecule has 0 aliphatic carbocycles. The Hall–Kier alpha value is -1.40. The molecule has 0 spiro atoms. The lowest BCUT2D eigenvalue weighted by atomic mass is 10.0. The van der Waals surface area contributed by atoms with Crippen molar-refractivity contribution in [2.45, 2.75) is 373 Å². The van der Waals surface area contributed by atoms with Crippen molar-refractivity contribution < 1.29 is 24.5 Å². The minimum absolute atomic E-state index is 0.00551. The molecule has 0 aromatic heterocycles. The first kappa shape index (κ1) is 68.6. The Balaban J connectivity index is 3.44. The Morgan fingerprint density at radius 3 is 0.971 bits per heavy atom. The highest BCUT2D eigenvalue weighted by Crippen LogP contribution is 2.18. The molecule has 2 atom stereocenters. The average molecular weight is 989 g/mol. The first-order chi connectivity index (χ1) is 34.5. The Morgan fingerprint density at radius 1 is 0.386 bits per heavy atom. The van der Waals surface area contributed by atoms with E-state index >= 15 is 0 Å². The zero-order valence-electron chi connectivity index (χ0n) is 47.5. The summed E-state index contributed by atoms with van der Waals surface area (Å²) in [5, 5.41) is 23.2. The van der Waals surface area contributed by atoms with E-state index in [0.717, 1.165) is 44.9 Å². The van der Waals surface area contributed by atoms with E-state index in [9.17, 15) is 19.8 Å². The number of hydrogen-bond donors (Lipinski definition) is 3. The highest BCUT2D eigenvalue weighted by Gasteiger charge is 2.18. The topological polar surface area (TPSA) is 95.9 Å². The third-order valence-corrected chi connectivity index (χ3v) is 15.1. The summed E-state index contributed by atoms with van der Waals surface area (Å²) in [6, 6.07) is -0.633. The summed E-state index contributed by atoms with van der Waals surface area (Å²) >= 11 is 0. The number of allylic oxidation sites excluding steroid dienone is 1. The van der Waals surface area contributed by atoms with Crippen LogP contribution in [0.25, 0.3) is 0 Å². The zero-order valence-corrected chi connectivity index (χ0v) is 47.5. The van der Waals surface area contributed by atoms with Crippen LogP contribution in [0.15, 0.2) is 12.2 Å². The van der Waals surface area contributed by atoms with Crippen molar-refractivity contribution in [2.24, 2.45) is 0 Å². The molecule has 0 saturated heterocycles. The maximum atomic E-state index is 12.5. The Morgan fingerprint density at radius 2 is 0.657 bits per heavy atom. The van der Waals surface area contributed by atoms with Crippen LogP contribution in [0.4, 0.5) is 0 Å². The number of carbonyl (C=O) groups is 2. The zero-order chi connectivity index (χ0) is 50.7. The molecule has 0 aromatic rings. The number of amides is 1. The molecule has 2 unspecified atom stereocenters. The van der Waals surface area contributed by atoms with Crippen LogP contribution >= 0.6 is 0 Å². The second kappa shape index (κ2) is 60.2. The van der Waals surface area contributed by atoms with E-state index in [1.165, 1.54) is 289 Å². The van der Waals surface area contributed by atoms with Crippen LogP contribution in [0.1, 0.15) is 361 Å². The van der Waals surface area contributed by atoms with Gasteiger partial charge in [0.05, 0.1) is 25.4 Å². The molecular weight excluding hydrogens is 863 g/mol. The third-order valence-electron chi connectivity index (χ3n) is 15.1. The largest absolute Gasteiger partial charge is 0.466 e. The molecular formula is C64H125NO5. The van der Waals surface area contributed by atoms with Crippen molar-refractivity contribution in [1.29, 1.82) is 0 Å².